The molecule has 0 aromatic heterocycles. The van der Waals surface area contributed by atoms with Crippen LogP contribution in [0, 0.1) is 0 Å². The van der Waals surface area contributed by atoms with Gasteiger partial charge < -0.3 is 9.05 Å². The van der Waals surface area contributed by atoms with E-state index in [1.807, 2.05) is 13.8 Å². The van der Waals surface area contributed by atoms with Gasteiger partial charge >= 0.3 is 15.6 Å². The van der Waals surface area contributed by atoms with Crippen LogP contribution in [0.25, 0.3) is 11.1 Å². The molecule has 10 heteroatoms. The molecule has 0 atom stereocenters. The number of hydrogen-bond acceptors (Lipinski definition) is 4. The molecule has 0 aliphatic rings. The Hall–Kier alpha value is -1.92. The van der Waals surface area contributed by atoms with Crippen molar-refractivity contribution in [3.05, 3.63) is 59.7 Å². The topological polar surface area (TPSA) is 134 Å². The van der Waals surface area contributed by atoms with E-state index in [-0.39, 0.29) is 11.5 Å². The Balaban J connectivity index is 2.36. The molecule has 0 amide bonds. The first-order valence-corrected chi connectivity index (χ1v) is 11.5. The van der Waals surface area contributed by atoms with Crippen molar-refractivity contribution in [2.45, 2.75) is 26.7 Å². The lowest BCUT2D eigenvalue weighted by molar-refractivity contribution is 0.281. The number of phosphoric acid groups is 2. The predicted molar refractivity (Wildman–Crippen MR) is 106 cm³/mol. The molecule has 0 saturated heterocycles. The normalized spacial score (nSPS) is 13.1. The molecule has 0 fully saturated rings. The fourth-order valence-electron chi connectivity index (χ4n) is 2.89. The van der Waals surface area contributed by atoms with Crippen LogP contribution >= 0.6 is 15.6 Å². The first-order chi connectivity index (χ1) is 13.0. The smallest absolute Gasteiger partial charge is 0.404 e. The number of allylic oxidation sites excluding steroid dienone is 2. The molecule has 28 heavy (non-hydrogen) atoms. The molecule has 0 heterocycles. The summed E-state index contributed by atoms with van der Waals surface area (Å²) in [5, 5.41) is 0. The highest BCUT2D eigenvalue weighted by atomic mass is 31.2. The summed E-state index contributed by atoms with van der Waals surface area (Å²) >= 11 is 0. The van der Waals surface area contributed by atoms with Gasteiger partial charge in [-0.25, -0.2) is 9.13 Å². The maximum atomic E-state index is 10.9. The molecule has 0 aliphatic carbocycles. The molecule has 8 nitrogen and oxygen atoms in total. The molecule has 0 spiro atoms. The van der Waals surface area contributed by atoms with Gasteiger partial charge in [0.15, 0.2) is 0 Å². The van der Waals surface area contributed by atoms with E-state index < -0.39 is 15.6 Å². The summed E-state index contributed by atoms with van der Waals surface area (Å²) in [5.41, 5.74) is 3.84. The van der Waals surface area contributed by atoms with Gasteiger partial charge in [0.05, 0.1) is 0 Å². The second kappa shape index (κ2) is 9.05. The van der Waals surface area contributed by atoms with Crippen molar-refractivity contribution < 1.29 is 37.8 Å². The Labute approximate surface area is 162 Å². The first kappa shape index (κ1) is 22.4. The van der Waals surface area contributed by atoms with Gasteiger partial charge in [0.25, 0.3) is 0 Å². The molecule has 2 rings (SSSR count). The van der Waals surface area contributed by atoms with Crippen molar-refractivity contribution in [2.75, 3.05) is 0 Å². The van der Waals surface area contributed by atoms with Crippen LogP contribution in [0.4, 0.5) is 0 Å². The number of phosphoric ester groups is 2. The van der Waals surface area contributed by atoms with Crippen LogP contribution in [-0.4, -0.2) is 19.6 Å². The zero-order valence-corrected chi connectivity index (χ0v) is 17.1. The van der Waals surface area contributed by atoms with Gasteiger partial charge in [-0.05, 0) is 59.4 Å². The Kier molecular flexibility index (Phi) is 7.23. The molecule has 2 aromatic carbocycles. The molecule has 0 radical (unpaired) electrons. The maximum Gasteiger partial charge on any atom is 0.524 e. The molecular weight excluding hydrogens is 406 g/mol. The van der Waals surface area contributed by atoms with Crippen LogP contribution in [0.2, 0.25) is 0 Å². The van der Waals surface area contributed by atoms with Crippen LogP contribution in [0.15, 0.2) is 48.5 Å². The first-order valence-electron chi connectivity index (χ1n) is 8.45. The van der Waals surface area contributed by atoms with E-state index in [4.69, 9.17) is 19.6 Å². The lowest BCUT2D eigenvalue weighted by atomic mass is 9.91. The summed E-state index contributed by atoms with van der Waals surface area (Å²) in [6.45, 7) is 3.99. The monoisotopic (exact) mass is 428 g/mol. The Bertz CT molecular complexity index is 846. The average Bonchev–Trinajstić information content (AvgIpc) is 2.59. The largest absolute Gasteiger partial charge is 0.524 e. The zero-order chi connectivity index (χ0) is 20.9. The van der Waals surface area contributed by atoms with E-state index in [0.29, 0.717) is 12.8 Å². The minimum Gasteiger partial charge on any atom is -0.404 e. The second-order valence-corrected chi connectivity index (χ2v) is 8.20. The summed E-state index contributed by atoms with van der Waals surface area (Å²) < 4.78 is 31.0. The molecule has 2 aromatic rings. The Morgan fingerprint density at radius 2 is 0.964 bits per heavy atom. The minimum atomic E-state index is -4.61. The third-order valence-electron chi connectivity index (χ3n) is 3.93. The lowest BCUT2D eigenvalue weighted by Crippen LogP contribution is -1.94. The van der Waals surface area contributed by atoms with Crippen molar-refractivity contribution >= 4 is 26.8 Å². The standard InChI is InChI=1S/C18H22O8P2/c1-3-17(13-5-9-15(10-6-13)25-27(19,20)21)18(4-2)14-7-11-16(12-8-14)26-28(22,23)24/h5-12H,3-4H2,1-2H3,(H2,19,20,21)(H2,22,23,24)/b18-17-. The van der Waals surface area contributed by atoms with E-state index >= 15 is 0 Å². The van der Waals surface area contributed by atoms with Crippen LogP contribution in [-0.2, 0) is 9.13 Å². The van der Waals surface area contributed by atoms with Gasteiger partial charge in [-0.3, -0.25) is 19.6 Å². The van der Waals surface area contributed by atoms with Crippen molar-refractivity contribution in [3.63, 3.8) is 0 Å². The summed E-state index contributed by atoms with van der Waals surface area (Å²) in [6, 6.07) is 12.9. The van der Waals surface area contributed by atoms with E-state index in [1.165, 1.54) is 24.3 Å². The summed E-state index contributed by atoms with van der Waals surface area (Å²) in [6.07, 6.45) is 1.42. The van der Waals surface area contributed by atoms with Crippen LogP contribution in [0.3, 0.4) is 0 Å². The Morgan fingerprint density at radius 3 is 1.18 bits per heavy atom. The van der Waals surface area contributed by atoms with E-state index in [9.17, 15) is 9.13 Å². The van der Waals surface area contributed by atoms with E-state index in [2.05, 4.69) is 9.05 Å². The summed E-state index contributed by atoms with van der Waals surface area (Å²) in [5.74, 6) is 0.147. The van der Waals surface area contributed by atoms with Crippen molar-refractivity contribution in [2.24, 2.45) is 0 Å². The van der Waals surface area contributed by atoms with Gasteiger partial charge in [0.1, 0.15) is 11.5 Å². The number of hydrogen-bond donors (Lipinski definition) is 4. The molecule has 152 valence electrons. The fourth-order valence-corrected chi connectivity index (χ4v) is 3.68. The van der Waals surface area contributed by atoms with Gasteiger partial charge in [-0.1, -0.05) is 38.1 Å². The maximum absolute atomic E-state index is 10.9. The highest BCUT2D eigenvalue weighted by Crippen LogP contribution is 2.40. The second-order valence-electron chi connectivity index (χ2n) is 5.88. The highest BCUT2D eigenvalue weighted by Gasteiger charge is 2.17. The van der Waals surface area contributed by atoms with Crippen LogP contribution < -0.4 is 9.05 Å². The predicted octanol–water partition coefficient (Wildman–Crippen LogP) is 4.36. The van der Waals surface area contributed by atoms with Gasteiger partial charge in [0, 0.05) is 0 Å². The number of rotatable bonds is 8. The molecular formula is C18H22O8P2. The van der Waals surface area contributed by atoms with Crippen molar-refractivity contribution in [1.82, 2.24) is 0 Å². The molecule has 0 unspecified atom stereocenters. The molecule has 0 saturated carbocycles. The quantitative estimate of drug-likeness (QED) is 0.360. The molecule has 4 N–H and O–H groups in total. The van der Waals surface area contributed by atoms with Gasteiger partial charge in [-0.2, -0.15) is 0 Å². The summed E-state index contributed by atoms with van der Waals surface area (Å²) in [4.78, 5) is 35.5. The molecule has 0 bridgehead atoms. The van der Waals surface area contributed by atoms with E-state index in [0.717, 1.165) is 22.3 Å². The Morgan fingerprint density at radius 1 is 0.679 bits per heavy atom. The van der Waals surface area contributed by atoms with Crippen molar-refractivity contribution in [1.29, 1.82) is 0 Å². The van der Waals surface area contributed by atoms with Crippen molar-refractivity contribution in [3.8, 4) is 11.5 Å². The zero-order valence-electron chi connectivity index (χ0n) is 15.3. The molecule has 0 aliphatic heterocycles. The lowest BCUT2D eigenvalue weighted by Gasteiger charge is -2.15. The fraction of sp³-hybridized carbons (Fsp3) is 0.222. The van der Waals surface area contributed by atoms with Crippen LogP contribution in [0.1, 0.15) is 37.8 Å². The van der Waals surface area contributed by atoms with E-state index in [1.54, 1.807) is 24.3 Å². The third kappa shape index (κ3) is 6.60. The highest BCUT2D eigenvalue weighted by molar-refractivity contribution is 7.47. The van der Waals surface area contributed by atoms with Crippen LogP contribution in [0.5, 0.6) is 11.5 Å². The average molecular weight is 428 g/mol. The SMILES string of the molecule is CC/C(=C(\CC)c1ccc(OP(=O)(O)O)cc1)c1ccc(OP(=O)(O)O)cc1. The van der Waals surface area contributed by atoms with Gasteiger partial charge in [0.2, 0.25) is 0 Å². The number of benzene rings is 2. The summed E-state index contributed by atoms with van der Waals surface area (Å²) in [7, 11) is -9.21. The minimum absolute atomic E-state index is 0.0736. The van der Waals surface area contributed by atoms with Gasteiger partial charge in [-0.15, -0.1) is 0 Å². The third-order valence-corrected chi connectivity index (χ3v) is 4.82.